The normalized spacial score (nSPS) is 20.6. The maximum atomic E-state index is 13.5. The minimum absolute atomic E-state index is 0.0192. The summed E-state index contributed by atoms with van der Waals surface area (Å²) in [5.74, 6) is 0.0356. The fraction of sp³-hybridized carbons (Fsp3) is 0.731. The van der Waals surface area contributed by atoms with E-state index in [0.717, 1.165) is 29.5 Å². The van der Waals surface area contributed by atoms with Crippen LogP contribution in [-0.4, -0.2) is 28.1 Å². The number of nitrogens with one attached hydrogen (secondary N) is 2. The number of carbonyl (C=O) groups is 1. The first kappa shape index (κ1) is 24.7. The van der Waals surface area contributed by atoms with Gasteiger partial charge in [-0.05, 0) is 87.1 Å². The van der Waals surface area contributed by atoms with Crippen LogP contribution in [0.1, 0.15) is 112 Å². The topological polar surface area (TPSA) is 61.4 Å². The third-order valence-electron chi connectivity index (χ3n) is 6.14. The Morgan fingerprint density at radius 2 is 1.40 bits per heavy atom. The van der Waals surface area contributed by atoms with Crippen LogP contribution in [0, 0.1) is 0 Å². The lowest BCUT2D eigenvalue weighted by Gasteiger charge is -2.46. The van der Waals surface area contributed by atoms with Gasteiger partial charge in [0.05, 0.1) is 5.92 Å². The second kappa shape index (κ2) is 7.85. The first-order valence-electron chi connectivity index (χ1n) is 11.3. The molecule has 1 aromatic carbocycles. The fourth-order valence-electron chi connectivity index (χ4n) is 5.23. The third-order valence-corrected chi connectivity index (χ3v) is 6.14. The molecule has 1 heterocycles. The minimum atomic E-state index is -0.296. The van der Waals surface area contributed by atoms with E-state index in [1.54, 1.807) is 0 Å². The Morgan fingerprint density at radius 3 is 1.77 bits per heavy atom. The van der Waals surface area contributed by atoms with Gasteiger partial charge in [-0.15, -0.1) is 0 Å². The molecule has 1 aliphatic rings. The van der Waals surface area contributed by atoms with Crippen LogP contribution in [-0.2, 0) is 15.6 Å². The van der Waals surface area contributed by atoms with Gasteiger partial charge in [0.15, 0.2) is 0 Å². The van der Waals surface area contributed by atoms with Gasteiger partial charge in [-0.3, -0.25) is 4.79 Å². The lowest BCUT2D eigenvalue weighted by molar-refractivity contribution is -0.123. The molecule has 2 rings (SSSR count). The van der Waals surface area contributed by atoms with E-state index in [2.05, 4.69) is 79.9 Å². The Kier molecular flexibility index (Phi) is 6.47. The van der Waals surface area contributed by atoms with Crippen LogP contribution in [0.25, 0.3) is 0 Å². The van der Waals surface area contributed by atoms with Gasteiger partial charge in [0.1, 0.15) is 5.75 Å². The molecule has 1 amide bonds. The van der Waals surface area contributed by atoms with Crippen LogP contribution >= 0.6 is 0 Å². The highest BCUT2D eigenvalue weighted by molar-refractivity contribution is 5.85. The van der Waals surface area contributed by atoms with E-state index < -0.39 is 0 Å². The van der Waals surface area contributed by atoms with Crippen LogP contribution in [0.5, 0.6) is 5.75 Å². The van der Waals surface area contributed by atoms with Crippen molar-refractivity contribution < 1.29 is 9.90 Å². The number of rotatable bonds is 3. The van der Waals surface area contributed by atoms with E-state index in [9.17, 15) is 9.90 Å². The van der Waals surface area contributed by atoms with Crippen molar-refractivity contribution in [3.05, 3.63) is 28.8 Å². The molecule has 1 saturated heterocycles. The minimum Gasteiger partial charge on any atom is -0.508 e. The first-order valence-corrected chi connectivity index (χ1v) is 11.3. The summed E-state index contributed by atoms with van der Waals surface area (Å²) >= 11 is 0. The number of piperidine rings is 1. The summed E-state index contributed by atoms with van der Waals surface area (Å²) in [5.41, 5.74) is 2.74. The Morgan fingerprint density at radius 1 is 1.00 bits per heavy atom. The molecule has 0 saturated carbocycles. The predicted molar refractivity (Wildman–Crippen MR) is 126 cm³/mol. The lowest BCUT2D eigenvalue weighted by Crippen LogP contribution is -2.62. The number of phenolic OH excluding ortho intramolecular Hbond substituents is 1. The number of phenols is 1. The van der Waals surface area contributed by atoms with Crippen LogP contribution in [0.3, 0.4) is 0 Å². The number of benzene rings is 1. The van der Waals surface area contributed by atoms with Gasteiger partial charge >= 0.3 is 0 Å². The van der Waals surface area contributed by atoms with E-state index in [0.29, 0.717) is 0 Å². The quantitative estimate of drug-likeness (QED) is 0.608. The van der Waals surface area contributed by atoms with Crippen molar-refractivity contribution in [3.63, 3.8) is 0 Å². The van der Waals surface area contributed by atoms with Gasteiger partial charge < -0.3 is 15.7 Å². The summed E-state index contributed by atoms with van der Waals surface area (Å²) in [6, 6.07) is 3.82. The van der Waals surface area contributed by atoms with E-state index in [1.165, 1.54) is 0 Å². The van der Waals surface area contributed by atoms with Gasteiger partial charge in [0, 0.05) is 17.1 Å². The van der Waals surface area contributed by atoms with Crippen molar-refractivity contribution in [3.8, 4) is 5.75 Å². The average molecular weight is 417 g/mol. The molecule has 1 fully saturated rings. The largest absolute Gasteiger partial charge is 0.508 e. The van der Waals surface area contributed by atoms with Crippen LogP contribution < -0.4 is 10.6 Å². The second-order valence-electron chi connectivity index (χ2n) is 12.7. The van der Waals surface area contributed by atoms with Crippen molar-refractivity contribution in [2.45, 2.75) is 123 Å². The Bertz CT molecular complexity index is 743. The molecular formula is C26H44N2O2. The molecule has 3 N–H and O–H groups in total. The molecule has 30 heavy (non-hydrogen) atoms. The smallest absolute Gasteiger partial charge is 0.227 e. The highest BCUT2D eigenvalue weighted by Crippen LogP contribution is 2.41. The van der Waals surface area contributed by atoms with Gasteiger partial charge in [-0.1, -0.05) is 41.5 Å². The first-order chi connectivity index (χ1) is 13.3. The molecular weight excluding hydrogens is 372 g/mol. The zero-order valence-electron chi connectivity index (χ0n) is 21.1. The molecule has 1 unspecified atom stereocenters. The standard InChI is InChI=1S/C26H44N2O2/c1-16(22(30)27-17-14-25(8,9)28-26(10,11)15-17)21-19(23(2,3)4)12-18(29)13-20(21)24(5,6)7/h12-13,16-17,28-29H,14-15H2,1-11H3,(H,27,30). The summed E-state index contributed by atoms with van der Waals surface area (Å²) in [4.78, 5) is 13.5. The zero-order chi connectivity index (χ0) is 23.3. The summed E-state index contributed by atoms with van der Waals surface area (Å²) in [6.45, 7) is 23.6. The summed E-state index contributed by atoms with van der Waals surface area (Å²) in [6.07, 6.45) is 1.81. The Hall–Kier alpha value is -1.55. The van der Waals surface area contributed by atoms with E-state index in [-0.39, 0.29) is 45.5 Å². The zero-order valence-corrected chi connectivity index (χ0v) is 21.1. The highest BCUT2D eigenvalue weighted by Gasteiger charge is 2.39. The molecule has 4 nitrogen and oxygen atoms in total. The SMILES string of the molecule is CC(C(=O)NC1CC(C)(C)NC(C)(C)C1)c1c(C(C)(C)C)cc(O)cc1C(C)(C)C. The van der Waals surface area contributed by atoms with Gasteiger partial charge in [-0.2, -0.15) is 0 Å². The maximum Gasteiger partial charge on any atom is 0.227 e. The van der Waals surface area contributed by atoms with Crippen molar-refractivity contribution >= 4 is 5.91 Å². The van der Waals surface area contributed by atoms with E-state index in [1.807, 2.05) is 19.1 Å². The monoisotopic (exact) mass is 416 g/mol. The van der Waals surface area contributed by atoms with Crippen molar-refractivity contribution in [2.75, 3.05) is 0 Å². The molecule has 0 spiro atoms. The van der Waals surface area contributed by atoms with Crippen LogP contribution in [0.4, 0.5) is 0 Å². The number of hydrogen-bond acceptors (Lipinski definition) is 3. The molecule has 4 heteroatoms. The molecule has 0 aliphatic carbocycles. The molecule has 1 atom stereocenters. The second-order valence-corrected chi connectivity index (χ2v) is 12.7. The maximum absolute atomic E-state index is 13.5. The molecule has 0 bridgehead atoms. The van der Waals surface area contributed by atoms with Crippen molar-refractivity contribution in [1.82, 2.24) is 10.6 Å². The third kappa shape index (κ3) is 5.78. The Labute approximate surface area is 184 Å². The highest BCUT2D eigenvalue weighted by atomic mass is 16.3. The van der Waals surface area contributed by atoms with Gasteiger partial charge in [0.25, 0.3) is 0 Å². The molecule has 0 radical (unpaired) electrons. The Balaban J connectivity index is 2.44. The van der Waals surface area contributed by atoms with Crippen LogP contribution in [0.2, 0.25) is 0 Å². The van der Waals surface area contributed by atoms with E-state index in [4.69, 9.17) is 0 Å². The molecule has 0 aromatic heterocycles. The summed E-state index contributed by atoms with van der Waals surface area (Å²) < 4.78 is 0. The number of amides is 1. The average Bonchev–Trinajstić information content (AvgIpc) is 2.48. The number of aromatic hydroxyl groups is 1. The summed E-state index contributed by atoms with van der Waals surface area (Å²) in [5, 5.41) is 17.5. The van der Waals surface area contributed by atoms with Gasteiger partial charge in [0.2, 0.25) is 5.91 Å². The van der Waals surface area contributed by atoms with Crippen LogP contribution in [0.15, 0.2) is 12.1 Å². The number of hydrogen-bond donors (Lipinski definition) is 3. The lowest BCUT2D eigenvalue weighted by atomic mass is 9.72. The number of carbonyl (C=O) groups excluding carboxylic acids is 1. The fourth-order valence-corrected chi connectivity index (χ4v) is 5.23. The molecule has 1 aromatic rings. The van der Waals surface area contributed by atoms with Crippen molar-refractivity contribution in [1.29, 1.82) is 0 Å². The van der Waals surface area contributed by atoms with Crippen molar-refractivity contribution in [2.24, 2.45) is 0 Å². The van der Waals surface area contributed by atoms with Gasteiger partial charge in [-0.25, -0.2) is 0 Å². The molecule has 170 valence electrons. The predicted octanol–water partition coefficient (Wildman–Crippen LogP) is 5.52. The summed E-state index contributed by atoms with van der Waals surface area (Å²) in [7, 11) is 0. The van der Waals surface area contributed by atoms with E-state index >= 15 is 0 Å². The molecule has 1 aliphatic heterocycles.